The van der Waals surface area contributed by atoms with Gasteiger partial charge in [-0.25, -0.2) is 0 Å². The number of nitriles is 1. The standard InChI is InChI=1S/C34H42N4O4/c1-2-22-10-11-31-27(15-22)29(18-34(42-31)12-5-13-34)36-20-30(39)28(16-23-6-3-7-24(14-23)19-35)37-33(41)25-17-32(40)38(21-25)26-8-4-9-26/h3,6-7,10-11,14-15,25-26,28-30,36,39H,2,4-5,8-9,12-13,16-18,20-21H2,1H3,(H,37,41)/t25-,28-,29-,30-/m0/s1. The number of ether oxygens (including phenoxy) is 1. The molecule has 2 aliphatic carbocycles. The van der Waals surface area contributed by atoms with Gasteiger partial charge in [-0.2, -0.15) is 5.26 Å². The number of hydrogen-bond donors (Lipinski definition) is 3. The van der Waals surface area contributed by atoms with Gasteiger partial charge in [0.2, 0.25) is 11.8 Å². The number of nitrogens with zero attached hydrogens (tertiary/aromatic N) is 2. The molecule has 222 valence electrons. The molecule has 0 bridgehead atoms. The molecule has 2 saturated carbocycles. The molecule has 0 unspecified atom stereocenters. The second kappa shape index (κ2) is 12.1. The molecule has 8 nitrogen and oxygen atoms in total. The molecule has 1 saturated heterocycles. The van der Waals surface area contributed by atoms with Gasteiger partial charge in [0.1, 0.15) is 11.4 Å². The SMILES string of the molecule is CCc1ccc2c(c1)[C@@H](NC[C@H](O)[C@H](Cc1cccc(C#N)c1)NC(=O)[C@H]1CC(=O)N(C3CCC3)C1)CC1(CCC1)O2. The number of aliphatic hydroxyl groups excluding tert-OH is 1. The van der Waals surface area contributed by atoms with Crippen LogP contribution in [0, 0.1) is 17.2 Å². The Balaban J connectivity index is 1.17. The highest BCUT2D eigenvalue weighted by atomic mass is 16.5. The van der Waals surface area contributed by atoms with E-state index < -0.39 is 18.1 Å². The van der Waals surface area contributed by atoms with Crippen molar-refractivity contribution >= 4 is 11.8 Å². The molecule has 2 heterocycles. The normalized spacial score (nSPS) is 24.1. The summed E-state index contributed by atoms with van der Waals surface area (Å²) in [5, 5.41) is 27.7. The van der Waals surface area contributed by atoms with E-state index in [0.29, 0.717) is 18.5 Å². The lowest BCUT2D eigenvalue weighted by molar-refractivity contribution is -0.131. The van der Waals surface area contributed by atoms with Gasteiger partial charge in [0, 0.05) is 43.6 Å². The number of benzene rings is 2. The zero-order chi connectivity index (χ0) is 29.3. The molecule has 4 atom stereocenters. The molecule has 42 heavy (non-hydrogen) atoms. The molecule has 2 aromatic carbocycles. The summed E-state index contributed by atoms with van der Waals surface area (Å²) in [5.74, 6) is 0.364. The van der Waals surface area contributed by atoms with Gasteiger partial charge in [-0.3, -0.25) is 9.59 Å². The Kier molecular flexibility index (Phi) is 8.24. The molecule has 3 N–H and O–H groups in total. The smallest absolute Gasteiger partial charge is 0.225 e. The lowest BCUT2D eigenvalue weighted by atomic mass is 9.72. The van der Waals surface area contributed by atoms with Crippen LogP contribution in [0.1, 0.15) is 86.6 Å². The minimum atomic E-state index is -0.877. The monoisotopic (exact) mass is 570 g/mol. The van der Waals surface area contributed by atoms with E-state index in [1.54, 1.807) is 12.1 Å². The van der Waals surface area contributed by atoms with Crippen LogP contribution in [0.15, 0.2) is 42.5 Å². The predicted octanol–water partition coefficient (Wildman–Crippen LogP) is 3.95. The number of nitrogens with one attached hydrogen (secondary N) is 2. The van der Waals surface area contributed by atoms with Crippen LogP contribution in [0.4, 0.5) is 0 Å². The fraction of sp³-hybridized carbons (Fsp3) is 0.559. The number of fused-ring (bicyclic) bond motifs is 1. The highest BCUT2D eigenvalue weighted by Crippen LogP contribution is 2.49. The number of rotatable bonds is 10. The molecule has 0 aromatic heterocycles. The van der Waals surface area contributed by atoms with Crippen LogP contribution in [0.5, 0.6) is 5.75 Å². The summed E-state index contributed by atoms with van der Waals surface area (Å²) in [6.07, 6.45) is 7.90. The summed E-state index contributed by atoms with van der Waals surface area (Å²) in [5.41, 5.74) is 3.64. The third-order valence-electron chi connectivity index (χ3n) is 9.95. The number of carbonyl (C=O) groups is 2. The van der Waals surface area contributed by atoms with Gasteiger partial charge >= 0.3 is 0 Å². The molecule has 3 fully saturated rings. The van der Waals surface area contributed by atoms with Crippen molar-refractivity contribution in [1.82, 2.24) is 15.5 Å². The van der Waals surface area contributed by atoms with Gasteiger partial charge in [-0.05, 0) is 80.7 Å². The van der Waals surface area contributed by atoms with Gasteiger partial charge in [-0.15, -0.1) is 0 Å². The van der Waals surface area contributed by atoms with Crippen molar-refractivity contribution in [1.29, 1.82) is 5.26 Å². The van der Waals surface area contributed by atoms with Crippen LogP contribution in [0.3, 0.4) is 0 Å². The summed E-state index contributed by atoms with van der Waals surface area (Å²) < 4.78 is 6.48. The Morgan fingerprint density at radius 3 is 2.71 bits per heavy atom. The van der Waals surface area contributed by atoms with Crippen molar-refractivity contribution in [2.75, 3.05) is 13.1 Å². The van der Waals surface area contributed by atoms with Crippen LogP contribution in [0.2, 0.25) is 0 Å². The Labute approximate surface area is 248 Å². The summed E-state index contributed by atoms with van der Waals surface area (Å²) >= 11 is 0. The van der Waals surface area contributed by atoms with Crippen LogP contribution in [0.25, 0.3) is 0 Å². The molecule has 0 radical (unpaired) electrons. The summed E-state index contributed by atoms with van der Waals surface area (Å²) in [6, 6.07) is 15.6. The Morgan fingerprint density at radius 1 is 1.19 bits per heavy atom. The lowest BCUT2D eigenvalue weighted by Gasteiger charge is -2.48. The second-order valence-corrected chi connectivity index (χ2v) is 12.8. The maximum Gasteiger partial charge on any atom is 0.225 e. The molecular formula is C34H42N4O4. The number of likely N-dealkylation sites (tertiary alicyclic amines) is 1. The Hall–Kier alpha value is -3.41. The number of carbonyl (C=O) groups excluding carboxylic acids is 2. The van der Waals surface area contributed by atoms with Crippen LogP contribution < -0.4 is 15.4 Å². The van der Waals surface area contributed by atoms with Crippen molar-refractivity contribution in [3.63, 3.8) is 0 Å². The van der Waals surface area contributed by atoms with E-state index in [-0.39, 0.29) is 42.5 Å². The van der Waals surface area contributed by atoms with E-state index in [2.05, 4.69) is 41.8 Å². The number of aliphatic hydroxyl groups is 1. The zero-order valence-corrected chi connectivity index (χ0v) is 24.5. The predicted molar refractivity (Wildman–Crippen MR) is 159 cm³/mol. The molecule has 2 aliphatic heterocycles. The van der Waals surface area contributed by atoms with Crippen LogP contribution >= 0.6 is 0 Å². The quantitative estimate of drug-likeness (QED) is 0.399. The zero-order valence-electron chi connectivity index (χ0n) is 24.5. The van der Waals surface area contributed by atoms with E-state index in [9.17, 15) is 20.0 Å². The molecule has 1 spiro atoms. The van der Waals surface area contributed by atoms with Crippen molar-refractivity contribution in [2.45, 2.75) is 101 Å². The first-order valence-corrected chi connectivity index (χ1v) is 15.7. The number of aryl methyl sites for hydroxylation is 1. The minimum Gasteiger partial charge on any atom is -0.487 e. The van der Waals surface area contributed by atoms with E-state index >= 15 is 0 Å². The number of hydrogen-bond acceptors (Lipinski definition) is 6. The van der Waals surface area contributed by atoms with Crippen molar-refractivity contribution in [3.05, 3.63) is 64.7 Å². The fourth-order valence-corrected chi connectivity index (χ4v) is 6.97. The maximum absolute atomic E-state index is 13.5. The van der Waals surface area contributed by atoms with Gasteiger partial charge in [0.25, 0.3) is 0 Å². The number of amides is 2. The van der Waals surface area contributed by atoms with Gasteiger partial charge in [-0.1, -0.05) is 31.2 Å². The fourth-order valence-electron chi connectivity index (χ4n) is 6.97. The topological polar surface area (TPSA) is 115 Å². The van der Waals surface area contributed by atoms with Crippen LogP contribution in [-0.2, 0) is 22.4 Å². The van der Waals surface area contributed by atoms with E-state index in [0.717, 1.165) is 68.2 Å². The van der Waals surface area contributed by atoms with Crippen molar-refractivity contribution in [2.24, 2.45) is 5.92 Å². The first-order chi connectivity index (χ1) is 20.4. The molecule has 8 heteroatoms. The lowest BCUT2D eigenvalue weighted by Crippen LogP contribution is -2.53. The van der Waals surface area contributed by atoms with Crippen molar-refractivity contribution in [3.8, 4) is 11.8 Å². The molecule has 2 aromatic rings. The van der Waals surface area contributed by atoms with Crippen LogP contribution in [-0.4, -0.2) is 58.7 Å². The van der Waals surface area contributed by atoms with E-state index in [1.165, 1.54) is 5.56 Å². The highest BCUT2D eigenvalue weighted by Gasteiger charge is 2.46. The summed E-state index contributed by atoms with van der Waals surface area (Å²) in [6.45, 7) is 2.88. The Morgan fingerprint density at radius 2 is 2.02 bits per heavy atom. The third kappa shape index (κ3) is 5.91. The molecule has 4 aliphatic rings. The highest BCUT2D eigenvalue weighted by molar-refractivity contribution is 5.89. The molecule has 6 rings (SSSR count). The maximum atomic E-state index is 13.5. The Bertz CT molecular complexity index is 1360. The summed E-state index contributed by atoms with van der Waals surface area (Å²) in [7, 11) is 0. The van der Waals surface area contributed by atoms with Gasteiger partial charge in [0.15, 0.2) is 0 Å². The van der Waals surface area contributed by atoms with E-state index in [4.69, 9.17) is 4.74 Å². The third-order valence-corrected chi connectivity index (χ3v) is 9.95. The summed E-state index contributed by atoms with van der Waals surface area (Å²) in [4.78, 5) is 28.0. The van der Waals surface area contributed by atoms with Gasteiger partial charge < -0.3 is 25.4 Å². The molecular weight excluding hydrogens is 528 g/mol. The van der Waals surface area contributed by atoms with Gasteiger partial charge in [0.05, 0.1) is 29.7 Å². The first-order valence-electron chi connectivity index (χ1n) is 15.7. The average Bonchev–Trinajstić information content (AvgIpc) is 3.34. The average molecular weight is 571 g/mol. The van der Waals surface area contributed by atoms with Crippen molar-refractivity contribution < 1.29 is 19.4 Å². The molecule has 2 amide bonds. The first kappa shape index (κ1) is 28.7. The minimum absolute atomic E-state index is 0.0388. The van der Waals surface area contributed by atoms with E-state index in [1.807, 2.05) is 17.0 Å². The second-order valence-electron chi connectivity index (χ2n) is 12.8. The largest absolute Gasteiger partial charge is 0.487 e.